The van der Waals surface area contributed by atoms with Crippen LogP contribution in [0.5, 0.6) is 0 Å². The molecule has 0 saturated heterocycles. The molecular weight excluding hydrogens is 206 g/mol. The molecule has 0 spiro atoms. The van der Waals surface area contributed by atoms with Gasteiger partial charge >= 0.3 is 0 Å². The summed E-state index contributed by atoms with van der Waals surface area (Å²) in [6.07, 6.45) is 1.48. The minimum Gasteiger partial charge on any atom is -0.464 e. The Morgan fingerprint density at radius 1 is 1.62 bits per heavy atom. The summed E-state index contributed by atoms with van der Waals surface area (Å²) in [5, 5.41) is 12.6. The van der Waals surface area contributed by atoms with Crippen LogP contribution >= 0.6 is 0 Å². The van der Waals surface area contributed by atoms with Gasteiger partial charge in [-0.2, -0.15) is 5.26 Å². The van der Waals surface area contributed by atoms with Crippen molar-refractivity contribution in [1.29, 1.82) is 5.26 Å². The monoisotopic (exact) mass is 217 g/mol. The highest BCUT2D eigenvalue weighted by Crippen LogP contribution is 2.18. The van der Waals surface area contributed by atoms with Gasteiger partial charge in [0.15, 0.2) is 0 Å². The first kappa shape index (κ1) is 10.4. The highest BCUT2D eigenvalue weighted by Gasteiger charge is 2.17. The summed E-state index contributed by atoms with van der Waals surface area (Å²) in [4.78, 5) is 3.83. The van der Waals surface area contributed by atoms with Gasteiger partial charge in [0.25, 0.3) is 5.82 Å². The lowest BCUT2D eigenvalue weighted by molar-refractivity contribution is 0.397. The summed E-state index contributed by atoms with van der Waals surface area (Å²) in [6, 6.07) is 5.36. The van der Waals surface area contributed by atoms with E-state index in [2.05, 4.69) is 10.1 Å². The van der Waals surface area contributed by atoms with Crippen LogP contribution in [0.2, 0.25) is 0 Å². The topological polar surface area (TPSA) is 93.7 Å². The molecule has 6 nitrogen and oxygen atoms in total. The Morgan fingerprint density at radius 2 is 2.44 bits per heavy atom. The van der Waals surface area contributed by atoms with Crippen LogP contribution < -0.4 is 5.73 Å². The van der Waals surface area contributed by atoms with Crippen LogP contribution in [0.3, 0.4) is 0 Å². The summed E-state index contributed by atoms with van der Waals surface area (Å²) in [5.41, 5.74) is 5.67. The Kier molecular flexibility index (Phi) is 2.70. The van der Waals surface area contributed by atoms with Crippen molar-refractivity contribution in [2.75, 3.05) is 6.54 Å². The first-order chi connectivity index (χ1) is 7.74. The molecular formula is C10H11N5O. The average Bonchev–Trinajstić information content (AvgIpc) is 2.89. The summed E-state index contributed by atoms with van der Waals surface area (Å²) < 4.78 is 7.02. The van der Waals surface area contributed by atoms with E-state index in [0.29, 0.717) is 6.54 Å². The van der Waals surface area contributed by atoms with E-state index >= 15 is 0 Å². The minimum absolute atomic E-state index is 0.127. The molecule has 2 heterocycles. The molecule has 1 atom stereocenters. The molecule has 16 heavy (non-hydrogen) atoms. The van der Waals surface area contributed by atoms with Crippen molar-refractivity contribution in [1.82, 2.24) is 14.8 Å². The average molecular weight is 217 g/mol. The Balaban J connectivity index is 2.33. The van der Waals surface area contributed by atoms with Crippen LogP contribution in [0.15, 0.2) is 22.9 Å². The van der Waals surface area contributed by atoms with E-state index in [4.69, 9.17) is 15.4 Å². The Labute approximate surface area is 92.3 Å². The number of hydrogen-bond acceptors (Lipinski definition) is 5. The van der Waals surface area contributed by atoms with Gasteiger partial charge in [0.05, 0.1) is 0 Å². The molecule has 0 saturated carbocycles. The second-order valence-electron chi connectivity index (χ2n) is 3.36. The summed E-state index contributed by atoms with van der Waals surface area (Å²) in [7, 11) is 0. The second kappa shape index (κ2) is 4.16. The molecule has 2 aromatic heterocycles. The zero-order chi connectivity index (χ0) is 11.5. The molecule has 0 aliphatic rings. The fourth-order valence-corrected chi connectivity index (χ4v) is 1.46. The largest absolute Gasteiger partial charge is 0.464 e. The van der Waals surface area contributed by atoms with Crippen molar-refractivity contribution in [3.05, 3.63) is 35.8 Å². The van der Waals surface area contributed by atoms with Crippen LogP contribution in [-0.2, 0) is 0 Å². The van der Waals surface area contributed by atoms with E-state index < -0.39 is 0 Å². The molecule has 2 rings (SSSR count). The smallest absolute Gasteiger partial charge is 0.252 e. The molecule has 82 valence electrons. The molecule has 0 bridgehead atoms. The second-order valence-corrected chi connectivity index (χ2v) is 3.36. The SMILES string of the molecule is Cc1ccc(C(CN)n2cnc(C#N)n2)o1. The van der Waals surface area contributed by atoms with Crippen LogP contribution in [0.25, 0.3) is 0 Å². The summed E-state index contributed by atoms with van der Waals surface area (Å²) in [6.45, 7) is 2.19. The maximum absolute atomic E-state index is 8.64. The molecule has 6 heteroatoms. The molecule has 1 unspecified atom stereocenters. The quantitative estimate of drug-likeness (QED) is 0.812. The molecule has 0 aliphatic heterocycles. The summed E-state index contributed by atoms with van der Waals surface area (Å²) in [5.74, 6) is 1.66. The zero-order valence-electron chi connectivity index (χ0n) is 8.79. The van der Waals surface area contributed by atoms with Crippen LogP contribution in [-0.4, -0.2) is 21.3 Å². The Bertz CT molecular complexity index is 521. The Hall–Kier alpha value is -2.13. The van der Waals surface area contributed by atoms with Crippen molar-refractivity contribution in [3.8, 4) is 6.07 Å². The van der Waals surface area contributed by atoms with E-state index in [-0.39, 0.29) is 11.9 Å². The van der Waals surface area contributed by atoms with E-state index in [1.165, 1.54) is 11.0 Å². The number of nitriles is 1. The van der Waals surface area contributed by atoms with Gasteiger partial charge in [0.1, 0.15) is 30.0 Å². The number of nitrogens with zero attached hydrogens (tertiary/aromatic N) is 4. The van der Waals surface area contributed by atoms with Crippen molar-refractivity contribution < 1.29 is 4.42 Å². The van der Waals surface area contributed by atoms with Crippen LogP contribution in [0, 0.1) is 18.3 Å². The summed E-state index contributed by atoms with van der Waals surface area (Å²) >= 11 is 0. The van der Waals surface area contributed by atoms with Crippen molar-refractivity contribution >= 4 is 0 Å². The molecule has 0 aliphatic carbocycles. The van der Waals surface area contributed by atoms with Gasteiger partial charge in [0.2, 0.25) is 0 Å². The van der Waals surface area contributed by atoms with Crippen LogP contribution in [0.1, 0.15) is 23.4 Å². The maximum atomic E-state index is 8.64. The lowest BCUT2D eigenvalue weighted by atomic mass is 10.2. The van der Waals surface area contributed by atoms with E-state index in [1.54, 1.807) is 0 Å². The third-order valence-electron chi connectivity index (χ3n) is 2.24. The van der Waals surface area contributed by atoms with Gasteiger partial charge in [-0.15, -0.1) is 5.10 Å². The van der Waals surface area contributed by atoms with E-state index in [0.717, 1.165) is 11.5 Å². The predicted octanol–water partition coefficient (Wildman–Crippen LogP) is 0.599. The van der Waals surface area contributed by atoms with E-state index in [1.807, 2.05) is 25.1 Å². The lowest BCUT2D eigenvalue weighted by Gasteiger charge is -2.11. The first-order valence-corrected chi connectivity index (χ1v) is 4.82. The van der Waals surface area contributed by atoms with E-state index in [9.17, 15) is 0 Å². The number of rotatable bonds is 3. The Morgan fingerprint density at radius 3 is 2.94 bits per heavy atom. The number of furan rings is 1. The molecule has 2 aromatic rings. The zero-order valence-corrected chi connectivity index (χ0v) is 8.79. The number of nitrogens with two attached hydrogens (primary N) is 1. The maximum Gasteiger partial charge on any atom is 0.252 e. The molecule has 0 amide bonds. The fourth-order valence-electron chi connectivity index (χ4n) is 1.46. The lowest BCUT2D eigenvalue weighted by Crippen LogP contribution is -2.20. The highest BCUT2D eigenvalue weighted by atomic mass is 16.3. The third-order valence-corrected chi connectivity index (χ3v) is 2.24. The molecule has 2 N–H and O–H groups in total. The van der Waals surface area contributed by atoms with Gasteiger partial charge in [-0.1, -0.05) is 0 Å². The van der Waals surface area contributed by atoms with Gasteiger partial charge < -0.3 is 10.2 Å². The van der Waals surface area contributed by atoms with Gasteiger partial charge in [0, 0.05) is 6.54 Å². The highest BCUT2D eigenvalue weighted by molar-refractivity contribution is 5.12. The number of aromatic nitrogens is 3. The fraction of sp³-hybridized carbons (Fsp3) is 0.300. The van der Waals surface area contributed by atoms with Crippen molar-refractivity contribution in [2.45, 2.75) is 13.0 Å². The normalized spacial score (nSPS) is 12.3. The standard InChI is InChI=1S/C10H11N5O/c1-7-2-3-9(16-7)8(4-11)15-6-13-10(5-12)14-15/h2-3,6,8H,4,11H2,1H3. The minimum atomic E-state index is -0.219. The van der Waals surface area contributed by atoms with Gasteiger partial charge in [-0.3, -0.25) is 0 Å². The van der Waals surface area contributed by atoms with Gasteiger partial charge in [-0.05, 0) is 19.1 Å². The first-order valence-electron chi connectivity index (χ1n) is 4.82. The molecule has 0 radical (unpaired) electrons. The molecule has 0 fully saturated rings. The third kappa shape index (κ3) is 1.81. The van der Waals surface area contributed by atoms with Crippen molar-refractivity contribution in [2.24, 2.45) is 5.73 Å². The van der Waals surface area contributed by atoms with Crippen LogP contribution in [0.4, 0.5) is 0 Å². The number of aryl methyl sites for hydroxylation is 1. The molecule has 0 aromatic carbocycles. The van der Waals surface area contributed by atoms with Gasteiger partial charge in [-0.25, -0.2) is 9.67 Å². The van der Waals surface area contributed by atoms with Crippen molar-refractivity contribution in [3.63, 3.8) is 0 Å². The number of hydrogen-bond donors (Lipinski definition) is 1. The predicted molar refractivity (Wildman–Crippen MR) is 55.4 cm³/mol.